The molecule has 3 N–H and O–H groups in total. The van der Waals surface area contributed by atoms with Gasteiger partial charge < -0.3 is 10.1 Å². The van der Waals surface area contributed by atoms with Crippen LogP contribution < -0.4 is 4.72 Å². The largest absolute Gasteiger partial charge is 0.390 e. The molecule has 26 heavy (non-hydrogen) atoms. The highest BCUT2D eigenvalue weighted by molar-refractivity contribution is 7.94. The number of nitriles is 1. The Bertz CT molecular complexity index is 1120. The zero-order chi connectivity index (χ0) is 19.1. The van der Waals surface area contributed by atoms with Crippen LogP contribution in [0.5, 0.6) is 0 Å². The number of nitrogens with zero attached hydrogens (tertiary/aromatic N) is 2. The van der Waals surface area contributed by atoms with Crippen molar-refractivity contribution in [3.8, 4) is 6.07 Å². The van der Waals surface area contributed by atoms with Crippen LogP contribution in [0.2, 0.25) is 5.02 Å². The third kappa shape index (κ3) is 3.68. The van der Waals surface area contributed by atoms with E-state index in [0.717, 1.165) is 11.3 Å². The van der Waals surface area contributed by atoms with Crippen molar-refractivity contribution >= 4 is 49.6 Å². The maximum atomic E-state index is 12.7. The van der Waals surface area contributed by atoms with Gasteiger partial charge in [0.05, 0.1) is 38.6 Å². The minimum Gasteiger partial charge on any atom is -0.390 e. The van der Waals surface area contributed by atoms with Crippen molar-refractivity contribution in [2.75, 3.05) is 4.72 Å². The SMILES string of the molecule is CC(C)(O)Cc1ncc(S(=O)(=O)Nc2ccc(Cl)c3c(C#N)c[nH]c23)s1. The van der Waals surface area contributed by atoms with E-state index < -0.39 is 15.6 Å². The summed E-state index contributed by atoms with van der Waals surface area (Å²) in [4.78, 5) is 6.95. The van der Waals surface area contributed by atoms with Crippen LogP contribution in [0.4, 0.5) is 5.69 Å². The minimum atomic E-state index is -3.87. The molecule has 3 aromatic rings. The third-order valence-electron chi connectivity index (χ3n) is 3.53. The summed E-state index contributed by atoms with van der Waals surface area (Å²) in [6.07, 6.45) is 2.99. The van der Waals surface area contributed by atoms with Crippen LogP contribution in [-0.2, 0) is 16.4 Å². The number of thiazole rings is 1. The lowest BCUT2D eigenvalue weighted by Crippen LogP contribution is -2.21. The molecule has 7 nitrogen and oxygen atoms in total. The summed E-state index contributed by atoms with van der Waals surface area (Å²) in [5, 5.41) is 20.3. The van der Waals surface area contributed by atoms with Crippen LogP contribution in [0.25, 0.3) is 10.9 Å². The van der Waals surface area contributed by atoms with Gasteiger partial charge in [0.2, 0.25) is 0 Å². The fourth-order valence-corrected chi connectivity index (χ4v) is 5.18. The summed E-state index contributed by atoms with van der Waals surface area (Å²) >= 11 is 7.12. The van der Waals surface area contributed by atoms with Crippen LogP contribution in [0.1, 0.15) is 24.4 Å². The number of benzene rings is 1. The maximum Gasteiger partial charge on any atom is 0.273 e. The smallest absolute Gasteiger partial charge is 0.273 e. The van der Waals surface area contributed by atoms with Gasteiger partial charge in [0.1, 0.15) is 6.07 Å². The molecule has 1 aromatic carbocycles. The van der Waals surface area contributed by atoms with Gasteiger partial charge in [0.25, 0.3) is 10.0 Å². The number of hydrogen-bond donors (Lipinski definition) is 3. The van der Waals surface area contributed by atoms with Gasteiger partial charge in [-0.15, -0.1) is 11.3 Å². The van der Waals surface area contributed by atoms with Gasteiger partial charge in [-0.05, 0) is 26.0 Å². The molecule has 0 aliphatic heterocycles. The molecule has 2 aromatic heterocycles. The van der Waals surface area contributed by atoms with Gasteiger partial charge in [-0.3, -0.25) is 4.72 Å². The molecule has 136 valence electrons. The molecule has 2 heterocycles. The van der Waals surface area contributed by atoms with E-state index in [-0.39, 0.29) is 16.3 Å². The lowest BCUT2D eigenvalue weighted by Gasteiger charge is -2.14. The van der Waals surface area contributed by atoms with Gasteiger partial charge in [-0.1, -0.05) is 11.6 Å². The first-order valence-corrected chi connectivity index (χ1v) is 10.2. The zero-order valence-electron chi connectivity index (χ0n) is 13.9. The molecule has 0 aliphatic rings. The summed E-state index contributed by atoms with van der Waals surface area (Å²) in [7, 11) is -3.87. The van der Waals surface area contributed by atoms with Crippen molar-refractivity contribution < 1.29 is 13.5 Å². The summed E-state index contributed by atoms with van der Waals surface area (Å²) in [5.74, 6) is 0. The standard InChI is InChI=1S/C16H15ClN4O3S2/c1-16(2,22)5-12-19-8-13(25-12)26(23,24)21-11-4-3-10(17)14-9(6-18)7-20-15(11)14/h3-4,7-8,20-22H,5H2,1-2H3. The number of H-pyrrole nitrogens is 1. The predicted molar refractivity (Wildman–Crippen MR) is 101 cm³/mol. The molecule has 0 aliphatic carbocycles. The quantitative estimate of drug-likeness (QED) is 0.596. The molecule has 10 heteroatoms. The Labute approximate surface area is 159 Å². The monoisotopic (exact) mass is 410 g/mol. The lowest BCUT2D eigenvalue weighted by atomic mass is 10.1. The van der Waals surface area contributed by atoms with Crippen molar-refractivity contribution in [2.45, 2.75) is 30.1 Å². The Kier molecular flexibility index (Phi) is 4.71. The molecule has 3 rings (SSSR count). The number of aromatic nitrogens is 2. The van der Waals surface area contributed by atoms with E-state index in [4.69, 9.17) is 16.9 Å². The van der Waals surface area contributed by atoms with E-state index in [2.05, 4.69) is 14.7 Å². The van der Waals surface area contributed by atoms with Gasteiger partial charge in [0, 0.05) is 18.0 Å². The fraction of sp³-hybridized carbons (Fsp3) is 0.250. The molecule has 0 atom stereocenters. The van der Waals surface area contributed by atoms with Crippen LogP contribution in [0.3, 0.4) is 0 Å². The zero-order valence-corrected chi connectivity index (χ0v) is 16.3. The molecule has 0 unspecified atom stereocenters. The van der Waals surface area contributed by atoms with Crippen molar-refractivity contribution in [1.82, 2.24) is 9.97 Å². The first-order valence-electron chi connectivity index (χ1n) is 7.50. The summed E-state index contributed by atoms with van der Waals surface area (Å²) in [6, 6.07) is 5.07. The van der Waals surface area contributed by atoms with Crippen molar-refractivity contribution in [3.63, 3.8) is 0 Å². The summed E-state index contributed by atoms with van der Waals surface area (Å²) in [6.45, 7) is 3.26. The summed E-state index contributed by atoms with van der Waals surface area (Å²) < 4.78 is 27.9. The molecule has 0 bridgehead atoms. The topological polar surface area (TPSA) is 119 Å². The van der Waals surface area contributed by atoms with E-state index in [9.17, 15) is 13.5 Å². The fourth-order valence-electron chi connectivity index (χ4n) is 2.44. The minimum absolute atomic E-state index is 0.0342. The number of sulfonamides is 1. The Morgan fingerprint density at radius 1 is 1.46 bits per heavy atom. The second kappa shape index (κ2) is 6.55. The molecule has 0 spiro atoms. The van der Waals surface area contributed by atoms with Gasteiger partial charge in [-0.25, -0.2) is 13.4 Å². The average molecular weight is 411 g/mol. The van der Waals surface area contributed by atoms with E-state index in [1.165, 1.54) is 24.5 Å². The summed E-state index contributed by atoms with van der Waals surface area (Å²) in [5.41, 5.74) is 0.0607. The number of halogens is 1. The molecule has 0 saturated heterocycles. The van der Waals surface area contributed by atoms with Crippen LogP contribution in [0, 0.1) is 11.3 Å². The highest BCUT2D eigenvalue weighted by Crippen LogP contribution is 2.33. The molecular weight excluding hydrogens is 396 g/mol. The van der Waals surface area contributed by atoms with E-state index in [0.29, 0.717) is 26.5 Å². The molecule has 0 amide bonds. The predicted octanol–water partition coefficient (Wildman–Crippen LogP) is 3.26. The second-order valence-electron chi connectivity index (χ2n) is 6.33. The highest BCUT2D eigenvalue weighted by Gasteiger charge is 2.23. The highest BCUT2D eigenvalue weighted by atomic mass is 35.5. The number of fused-ring (bicyclic) bond motifs is 1. The van der Waals surface area contributed by atoms with Gasteiger partial charge in [0.15, 0.2) is 4.21 Å². The molecular formula is C16H15ClN4O3S2. The Morgan fingerprint density at radius 3 is 2.85 bits per heavy atom. The van der Waals surface area contributed by atoms with Crippen LogP contribution in [-0.4, -0.2) is 29.1 Å². The van der Waals surface area contributed by atoms with Gasteiger partial charge in [-0.2, -0.15) is 5.26 Å². The first-order chi connectivity index (χ1) is 12.1. The second-order valence-corrected chi connectivity index (χ2v) is 9.76. The van der Waals surface area contributed by atoms with E-state index in [1.807, 2.05) is 6.07 Å². The van der Waals surface area contributed by atoms with Crippen LogP contribution >= 0.6 is 22.9 Å². The molecule has 0 saturated carbocycles. The maximum absolute atomic E-state index is 12.7. The van der Waals surface area contributed by atoms with Crippen LogP contribution in [0.15, 0.2) is 28.7 Å². The Hall–Kier alpha value is -2.12. The average Bonchev–Trinajstić information content (AvgIpc) is 3.15. The van der Waals surface area contributed by atoms with Crippen molar-refractivity contribution in [1.29, 1.82) is 5.26 Å². The van der Waals surface area contributed by atoms with E-state index >= 15 is 0 Å². The number of aromatic amines is 1. The third-order valence-corrected chi connectivity index (χ3v) is 6.67. The number of rotatable bonds is 5. The van der Waals surface area contributed by atoms with Crippen molar-refractivity contribution in [3.05, 3.63) is 40.1 Å². The normalized spacial score (nSPS) is 12.3. The van der Waals surface area contributed by atoms with Gasteiger partial charge >= 0.3 is 0 Å². The lowest BCUT2D eigenvalue weighted by molar-refractivity contribution is 0.0809. The number of nitrogens with one attached hydrogen (secondary N) is 2. The number of anilines is 1. The molecule has 0 fully saturated rings. The number of hydrogen-bond acceptors (Lipinski definition) is 6. The molecule has 0 radical (unpaired) electrons. The Balaban J connectivity index is 1.96. The first kappa shape index (κ1) is 18.7. The van der Waals surface area contributed by atoms with E-state index in [1.54, 1.807) is 13.8 Å². The Morgan fingerprint density at radius 2 is 2.19 bits per heavy atom. The number of aliphatic hydroxyl groups is 1. The van der Waals surface area contributed by atoms with Crippen molar-refractivity contribution in [2.24, 2.45) is 0 Å².